The Kier molecular flexibility index (Phi) is 5.46. The molecule has 0 aliphatic heterocycles. The van der Waals surface area contributed by atoms with Crippen LogP contribution in [0, 0.1) is 0 Å². The van der Waals surface area contributed by atoms with Crippen molar-refractivity contribution in [2.45, 2.75) is 26.4 Å². The number of carbonyl (C=O) groups excluding carboxylic acids is 2. The molecule has 0 aliphatic rings. The van der Waals surface area contributed by atoms with Gasteiger partial charge in [0.2, 0.25) is 0 Å². The molecule has 0 aliphatic carbocycles. The molecule has 2 aromatic heterocycles. The minimum Gasteiger partial charge on any atom is -0.494 e. The van der Waals surface area contributed by atoms with E-state index < -0.39 is 17.7 Å². The Hall–Kier alpha value is -3.33. The second-order valence-electron chi connectivity index (χ2n) is 8.20. The standard InChI is InChI=1S/C23H22BrN3O5/c1-23(2,3)32-22(29)27-16-11-14(24)7-6-12(16)9-17(27)20-25-15-8-13(21(28)31-5)10-18(30-4)19(15)26-20/h6-11H,1-5H3,(H,25,26). The van der Waals surface area contributed by atoms with Gasteiger partial charge in [0.15, 0.2) is 5.82 Å². The van der Waals surface area contributed by atoms with Crippen LogP contribution in [0.3, 0.4) is 0 Å². The van der Waals surface area contributed by atoms with Gasteiger partial charge in [0.05, 0.1) is 36.5 Å². The Balaban J connectivity index is 1.95. The quantitative estimate of drug-likeness (QED) is 0.372. The first-order chi connectivity index (χ1) is 15.1. The number of H-pyrrole nitrogens is 1. The van der Waals surface area contributed by atoms with Gasteiger partial charge in [0.25, 0.3) is 0 Å². The molecule has 0 spiro atoms. The van der Waals surface area contributed by atoms with Crippen LogP contribution >= 0.6 is 15.9 Å². The number of rotatable bonds is 3. The fourth-order valence-electron chi connectivity index (χ4n) is 3.45. The lowest BCUT2D eigenvalue weighted by Gasteiger charge is -2.20. The first kappa shape index (κ1) is 21.9. The number of ether oxygens (including phenoxy) is 3. The average Bonchev–Trinajstić information content (AvgIpc) is 3.32. The molecule has 0 saturated carbocycles. The maximum absolute atomic E-state index is 13.2. The van der Waals surface area contributed by atoms with Gasteiger partial charge in [0.1, 0.15) is 16.9 Å². The van der Waals surface area contributed by atoms with E-state index in [1.54, 1.807) is 12.1 Å². The predicted octanol–water partition coefficient (Wildman–Crippen LogP) is 5.53. The first-order valence-corrected chi connectivity index (χ1v) is 10.6. The Labute approximate surface area is 192 Å². The highest BCUT2D eigenvalue weighted by Crippen LogP contribution is 2.33. The largest absolute Gasteiger partial charge is 0.494 e. The third kappa shape index (κ3) is 3.95. The number of imidazole rings is 1. The summed E-state index contributed by atoms with van der Waals surface area (Å²) in [6.45, 7) is 5.44. The fraction of sp³-hybridized carbons (Fsp3) is 0.261. The van der Waals surface area contributed by atoms with Crippen molar-refractivity contribution in [3.63, 3.8) is 0 Å². The molecular formula is C23H22BrN3O5. The number of esters is 1. The normalized spacial score (nSPS) is 11.7. The SMILES string of the molecule is COC(=O)c1cc(OC)c2nc(-c3cc4ccc(Br)cc4n3C(=O)OC(C)(C)C)[nH]c2c1. The Morgan fingerprint density at radius 1 is 1.09 bits per heavy atom. The van der Waals surface area contributed by atoms with Gasteiger partial charge >= 0.3 is 12.1 Å². The lowest BCUT2D eigenvalue weighted by Crippen LogP contribution is -2.27. The van der Waals surface area contributed by atoms with E-state index in [9.17, 15) is 9.59 Å². The van der Waals surface area contributed by atoms with Gasteiger partial charge in [-0.15, -0.1) is 0 Å². The summed E-state index contributed by atoms with van der Waals surface area (Å²) in [5.74, 6) is 0.348. The molecule has 166 valence electrons. The Morgan fingerprint density at radius 3 is 2.50 bits per heavy atom. The number of halogens is 1. The molecule has 0 amide bonds. The van der Waals surface area contributed by atoms with Crippen molar-refractivity contribution in [3.05, 3.63) is 46.4 Å². The minimum atomic E-state index is -0.677. The fourth-order valence-corrected chi connectivity index (χ4v) is 3.80. The van der Waals surface area contributed by atoms with Crippen LogP contribution < -0.4 is 4.74 Å². The molecule has 0 fully saturated rings. The number of aromatic nitrogens is 3. The van der Waals surface area contributed by atoms with Gasteiger partial charge < -0.3 is 19.2 Å². The van der Waals surface area contributed by atoms with Gasteiger partial charge in [-0.1, -0.05) is 22.0 Å². The van der Waals surface area contributed by atoms with Gasteiger partial charge in [-0.3, -0.25) is 0 Å². The van der Waals surface area contributed by atoms with E-state index in [4.69, 9.17) is 14.2 Å². The topological polar surface area (TPSA) is 95.4 Å². The zero-order valence-corrected chi connectivity index (χ0v) is 19.9. The minimum absolute atomic E-state index is 0.323. The number of aromatic amines is 1. The van der Waals surface area contributed by atoms with E-state index in [-0.39, 0.29) is 0 Å². The number of hydrogen-bond donors (Lipinski definition) is 1. The molecule has 0 radical (unpaired) electrons. The molecule has 0 unspecified atom stereocenters. The van der Waals surface area contributed by atoms with Crippen LogP contribution in [0.4, 0.5) is 4.79 Å². The van der Waals surface area contributed by atoms with Crippen molar-refractivity contribution >= 4 is 49.9 Å². The van der Waals surface area contributed by atoms with Crippen LogP contribution in [0.1, 0.15) is 31.1 Å². The van der Waals surface area contributed by atoms with Crippen LogP contribution in [0.25, 0.3) is 33.5 Å². The molecule has 9 heteroatoms. The number of carbonyl (C=O) groups is 2. The molecule has 1 N–H and O–H groups in total. The summed E-state index contributed by atoms with van der Waals surface area (Å²) in [4.78, 5) is 33.1. The second kappa shape index (κ2) is 7.98. The smallest absolute Gasteiger partial charge is 0.419 e. The van der Waals surface area contributed by atoms with Crippen LogP contribution in [0.5, 0.6) is 5.75 Å². The predicted molar refractivity (Wildman–Crippen MR) is 124 cm³/mol. The third-order valence-electron chi connectivity index (χ3n) is 4.78. The van der Waals surface area contributed by atoms with E-state index in [1.807, 2.05) is 45.0 Å². The van der Waals surface area contributed by atoms with Crippen molar-refractivity contribution in [1.29, 1.82) is 0 Å². The summed E-state index contributed by atoms with van der Waals surface area (Å²) in [6.07, 6.45) is -0.525. The summed E-state index contributed by atoms with van der Waals surface area (Å²) in [5.41, 5.74) is 1.93. The molecule has 4 aromatic rings. The lowest BCUT2D eigenvalue weighted by atomic mass is 10.2. The first-order valence-electron chi connectivity index (χ1n) is 9.82. The maximum atomic E-state index is 13.2. The molecule has 0 atom stereocenters. The summed E-state index contributed by atoms with van der Waals surface area (Å²) in [7, 11) is 2.81. The Morgan fingerprint density at radius 2 is 1.84 bits per heavy atom. The molecule has 2 heterocycles. The van der Waals surface area contributed by atoms with Crippen molar-refractivity contribution in [2.24, 2.45) is 0 Å². The van der Waals surface area contributed by atoms with Crippen LogP contribution in [0.2, 0.25) is 0 Å². The Bertz CT molecular complexity index is 1360. The average molecular weight is 500 g/mol. The van der Waals surface area contributed by atoms with E-state index >= 15 is 0 Å². The highest BCUT2D eigenvalue weighted by Gasteiger charge is 2.25. The molecule has 0 bridgehead atoms. The van der Waals surface area contributed by atoms with E-state index in [0.717, 1.165) is 9.86 Å². The van der Waals surface area contributed by atoms with Crippen molar-refractivity contribution < 1.29 is 23.8 Å². The maximum Gasteiger partial charge on any atom is 0.419 e. The van der Waals surface area contributed by atoms with E-state index in [0.29, 0.717) is 39.4 Å². The van der Waals surface area contributed by atoms with Gasteiger partial charge in [-0.2, -0.15) is 0 Å². The molecular weight excluding hydrogens is 478 g/mol. The zero-order chi connectivity index (χ0) is 23.2. The van der Waals surface area contributed by atoms with Crippen LogP contribution in [0.15, 0.2) is 40.9 Å². The molecule has 8 nitrogen and oxygen atoms in total. The lowest BCUT2D eigenvalue weighted by molar-refractivity contribution is 0.0545. The number of methoxy groups -OCH3 is 2. The molecule has 4 rings (SSSR count). The second-order valence-corrected chi connectivity index (χ2v) is 9.12. The van der Waals surface area contributed by atoms with Crippen LogP contribution in [-0.2, 0) is 9.47 Å². The summed E-state index contributed by atoms with van der Waals surface area (Å²) < 4.78 is 18.2. The van der Waals surface area contributed by atoms with Crippen molar-refractivity contribution in [3.8, 4) is 17.3 Å². The van der Waals surface area contributed by atoms with Crippen molar-refractivity contribution in [2.75, 3.05) is 14.2 Å². The summed E-state index contributed by atoms with van der Waals surface area (Å²) >= 11 is 3.47. The van der Waals surface area contributed by atoms with E-state index in [2.05, 4.69) is 25.9 Å². The highest BCUT2D eigenvalue weighted by molar-refractivity contribution is 9.10. The number of hydrogen-bond acceptors (Lipinski definition) is 6. The number of fused-ring (bicyclic) bond motifs is 2. The number of nitrogens with one attached hydrogen (secondary N) is 1. The summed E-state index contributed by atoms with van der Waals surface area (Å²) in [5, 5.41) is 0.844. The molecule has 32 heavy (non-hydrogen) atoms. The summed E-state index contributed by atoms with van der Waals surface area (Å²) in [6, 6.07) is 10.7. The van der Waals surface area contributed by atoms with Crippen LogP contribution in [-0.4, -0.2) is 46.4 Å². The molecule has 2 aromatic carbocycles. The highest BCUT2D eigenvalue weighted by atomic mass is 79.9. The molecule has 0 saturated heterocycles. The van der Waals surface area contributed by atoms with Gasteiger partial charge in [-0.05, 0) is 51.1 Å². The van der Waals surface area contributed by atoms with Crippen molar-refractivity contribution in [1.82, 2.24) is 14.5 Å². The van der Waals surface area contributed by atoms with Gasteiger partial charge in [0, 0.05) is 9.86 Å². The van der Waals surface area contributed by atoms with E-state index in [1.165, 1.54) is 18.8 Å². The monoisotopic (exact) mass is 499 g/mol. The third-order valence-corrected chi connectivity index (χ3v) is 5.27. The zero-order valence-electron chi connectivity index (χ0n) is 18.3. The number of benzene rings is 2. The number of nitrogens with zero attached hydrogens (tertiary/aromatic N) is 2. The van der Waals surface area contributed by atoms with Gasteiger partial charge in [-0.25, -0.2) is 19.1 Å².